The zero-order chi connectivity index (χ0) is 14.7. The molecule has 0 unspecified atom stereocenters. The van der Waals surface area contributed by atoms with Crippen LogP contribution in [0.25, 0.3) is 0 Å². The van der Waals surface area contributed by atoms with Crippen LogP contribution in [0.2, 0.25) is 5.02 Å². The number of amides is 1. The molecular formula is C14H11ClFNO3. The molecule has 6 heteroatoms. The number of carbonyl (C=O) groups excluding carboxylic acids is 1. The van der Waals surface area contributed by atoms with E-state index in [1.165, 1.54) is 31.4 Å². The molecule has 0 spiro atoms. The Labute approximate surface area is 119 Å². The Hall–Kier alpha value is -2.27. The van der Waals surface area contributed by atoms with E-state index in [-0.39, 0.29) is 27.8 Å². The highest BCUT2D eigenvalue weighted by molar-refractivity contribution is 6.31. The van der Waals surface area contributed by atoms with E-state index in [1.807, 2.05) is 0 Å². The summed E-state index contributed by atoms with van der Waals surface area (Å²) in [6.45, 7) is 0. The molecule has 4 nitrogen and oxygen atoms in total. The molecule has 104 valence electrons. The standard InChI is InChI=1S/C14H11ClFNO3/c1-20-13-3-2-8(4-12(13)18)14(19)17-11-6-9(15)5-10(16)7-11/h2-7,18H,1H3,(H,17,19). The van der Waals surface area contributed by atoms with Crippen molar-refractivity contribution in [2.45, 2.75) is 0 Å². The summed E-state index contributed by atoms with van der Waals surface area (Å²) in [5.74, 6) is -0.942. The molecule has 0 saturated heterocycles. The van der Waals surface area contributed by atoms with Crippen LogP contribution in [0.15, 0.2) is 36.4 Å². The van der Waals surface area contributed by atoms with Crippen LogP contribution in [0.1, 0.15) is 10.4 Å². The van der Waals surface area contributed by atoms with Gasteiger partial charge < -0.3 is 15.2 Å². The Morgan fingerprint density at radius 1 is 1.30 bits per heavy atom. The number of aromatic hydroxyl groups is 1. The summed E-state index contributed by atoms with van der Waals surface area (Å²) in [5.41, 5.74) is 0.444. The third-order valence-electron chi connectivity index (χ3n) is 2.56. The van der Waals surface area contributed by atoms with Crippen molar-refractivity contribution < 1.29 is 19.0 Å². The van der Waals surface area contributed by atoms with Crippen LogP contribution in [0.4, 0.5) is 10.1 Å². The predicted octanol–water partition coefficient (Wildman–Crippen LogP) is 3.45. The fourth-order valence-electron chi connectivity index (χ4n) is 1.66. The van der Waals surface area contributed by atoms with Gasteiger partial charge in [0.25, 0.3) is 5.91 Å². The van der Waals surface area contributed by atoms with E-state index in [4.69, 9.17) is 16.3 Å². The van der Waals surface area contributed by atoms with Gasteiger partial charge in [-0.3, -0.25) is 4.79 Å². The van der Waals surface area contributed by atoms with Gasteiger partial charge in [0.05, 0.1) is 7.11 Å². The minimum absolute atomic E-state index is 0.155. The third kappa shape index (κ3) is 3.19. The molecule has 0 heterocycles. The average Bonchev–Trinajstić information content (AvgIpc) is 2.37. The lowest BCUT2D eigenvalue weighted by Crippen LogP contribution is -2.12. The third-order valence-corrected chi connectivity index (χ3v) is 2.78. The second-order valence-electron chi connectivity index (χ2n) is 4.00. The Bertz CT molecular complexity index is 641. The lowest BCUT2D eigenvalue weighted by molar-refractivity contribution is 0.102. The molecule has 20 heavy (non-hydrogen) atoms. The zero-order valence-corrected chi connectivity index (χ0v) is 11.2. The molecule has 0 aromatic heterocycles. The fraction of sp³-hybridized carbons (Fsp3) is 0.0714. The Balaban J connectivity index is 2.21. The van der Waals surface area contributed by atoms with Gasteiger partial charge in [0.2, 0.25) is 0 Å². The van der Waals surface area contributed by atoms with Crippen molar-refractivity contribution in [2.24, 2.45) is 0 Å². The molecular weight excluding hydrogens is 285 g/mol. The topological polar surface area (TPSA) is 58.6 Å². The molecule has 2 aromatic carbocycles. The van der Waals surface area contributed by atoms with Crippen molar-refractivity contribution in [3.8, 4) is 11.5 Å². The maximum Gasteiger partial charge on any atom is 0.255 e. The Morgan fingerprint density at radius 3 is 2.65 bits per heavy atom. The van der Waals surface area contributed by atoms with Crippen LogP contribution in [0.3, 0.4) is 0 Å². The number of nitrogens with one attached hydrogen (secondary N) is 1. The van der Waals surface area contributed by atoms with Crippen LogP contribution in [0.5, 0.6) is 11.5 Å². The van der Waals surface area contributed by atoms with Crippen LogP contribution in [0, 0.1) is 5.82 Å². The summed E-state index contributed by atoms with van der Waals surface area (Å²) < 4.78 is 18.0. The number of phenolic OH excluding ortho intramolecular Hbond substituents is 1. The molecule has 0 fully saturated rings. The highest BCUT2D eigenvalue weighted by Crippen LogP contribution is 2.27. The van der Waals surface area contributed by atoms with Gasteiger partial charge in [-0.05, 0) is 36.4 Å². The van der Waals surface area contributed by atoms with E-state index in [0.29, 0.717) is 0 Å². The minimum Gasteiger partial charge on any atom is -0.504 e. The van der Waals surface area contributed by atoms with Gasteiger partial charge in [0, 0.05) is 16.3 Å². The Kier molecular flexibility index (Phi) is 4.10. The maximum atomic E-state index is 13.2. The Morgan fingerprint density at radius 2 is 2.05 bits per heavy atom. The molecule has 0 bridgehead atoms. The maximum absolute atomic E-state index is 13.2. The number of halogens is 2. The zero-order valence-electron chi connectivity index (χ0n) is 10.5. The SMILES string of the molecule is COc1ccc(C(=O)Nc2cc(F)cc(Cl)c2)cc1O. The largest absolute Gasteiger partial charge is 0.504 e. The number of hydrogen-bond acceptors (Lipinski definition) is 3. The van der Waals surface area contributed by atoms with E-state index in [0.717, 1.165) is 12.1 Å². The van der Waals surface area contributed by atoms with E-state index >= 15 is 0 Å². The van der Waals surface area contributed by atoms with Crippen LogP contribution >= 0.6 is 11.6 Å². The number of methoxy groups -OCH3 is 1. The number of carbonyl (C=O) groups is 1. The summed E-state index contributed by atoms with van der Waals surface area (Å²) in [5, 5.41) is 12.3. The van der Waals surface area contributed by atoms with Crippen LogP contribution in [-0.4, -0.2) is 18.1 Å². The van der Waals surface area contributed by atoms with Crippen molar-refractivity contribution in [3.05, 3.63) is 52.8 Å². The molecule has 0 saturated carbocycles. The van der Waals surface area contributed by atoms with Crippen molar-refractivity contribution in [1.29, 1.82) is 0 Å². The van der Waals surface area contributed by atoms with Gasteiger partial charge in [-0.1, -0.05) is 11.6 Å². The predicted molar refractivity (Wildman–Crippen MR) is 74.0 cm³/mol. The first-order valence-electron chi connectivity index (χ1n) is 5.64. The number of rotatable bonds is 3. The number of ether oxygens (including phenoxy) is 1. The van der Waals surface area contributed by atoms with Crippen molar-refractivity contribution in [2.75, 3.05) is 12.4 Å². The average molecular weight is 296 g/mol. The number of anilines is 1. The van der Waals surface area contributed by atoms with Gasteiger partial charge in [-0.2, -0.15) is 0 Å². The quantitative estimate of drug-likeness (QED) is 0.912. The van der Waals surface area contributed by atoms with E-state index < -0.39 is 11.7 Å². The van der Waals surface area contributed by atoms with Gasteiger partial charge >= 0.3 is 0 Å². The minimum atomic E-state index is -0.551. The number of hydrogen-bond donors (Lipinski definition) is 2. The van der Waals surface area contributed by atoms with Gasteiger partial charge in [-0.15, -0.1) is 0 Å². The van der Waals surface area contributed by atoms with E-state index in [1.54, 1.807) is 0 Å². The first-order chi connectivity index (χ1) is 9.49. The van der Waals surface area contributed by atoms with Crippen LogP contribution < -0.4 is 10.1 Å². The molecule has 2 N–H and O–H groups in total. The molecule has 0 radical (unpaired) electrons. The monoisotopic (exact) mass is 295 g/mol. The number of phenols is 1. The summed E-state index contributed by atoms with van der Waals surface area (Å²) in [6.07, 6.45) is 0. The van der Waals surface area contributed by atoms with Crippen LogP contribution in [-0.2, 0) is 0 Å². The smallest absolute Gasteiger partial charge is 0.255 e. The molecule has 1 amide bonds. The second-order valence-corrected chi connectivity index (χ2v) is 4.44. The van der Waals surface area contributed by atoms with Crippen molar-refractivity contribution in [3.63, 3.8) is 0 Å². The van der Waals surface area contributed by atoms with Gasteiger partial charge in [0.15, 0.2) is 11.5 Å². The normalized spacial score (nSPS) is 10.2. The van der Waals surface area contributed by atoms with Crippen molar-refractivity contribution in [1.82, 2.24) is 0 Å². The highest BCUT2D eigenvalue weighted by atomic mass is 35.5. The molecule has 0 atom stereocenters. The lowest BCUT2D eigenvalue weighted by Gasteiger charge is -2.08. The molecule has 0 aliphatic rings. The summed E-state index contributed by atoms with van der Waals surface area (Å²) >= 11 is 5.70. The van der Waals surface area contributed by atoms with E-state index in [2.05, 4.69) is 5.32 Å². The van der Waals surface area contributed by atoms with Gasteiger partial charge in [0.1, 0.15) is 5.82 Å². The fourth-order valence-corrected chi connectivity index (χ4v) is 1.88. The van der Waals surface area contributed by atoms with Gasteiger partial charge in [-0.25, -0.2) is 4.39 Å². The molecule has 0 aliphatic carbocycles. The van der Waals surface area contributed by atoms with Crippen molar-refractivity contribution >= 4 is 23.2 Å². The molecule has 2 rings (SSSR count). The molecule has 2 aromatic rings. The lowest BCUT2D eigenvalue weighted by atomic mass is 10.2. The van der Waals surface area contributed by atoms with E-state index in [9.17, 15) is 14.3 Å². The summed E-state index contributed by atoms with van der Waals surface area (Å²) in [6, 6.07) is 7.90. The first-order valence-corrected chi connectivity index (χ1v) is 6.02. The highest BCUT2D eigenvalue weighted by Gasteiger charge is 2.10. The second kappa shape index (κ2) is 5.79. The summed E-state index contributed by atoms with van der Waals surface area (Å²) in [4.78, 5) is 12.0. The molecule has 0 aliphatic heterocycles. The first kappa shape index (κ1) is 14.1. The number of benzene rings is 2. The summed E-state index contributed by atoms with van der Waals surface area (Å²) in [7, 11) is 1.41.